The molecule has 0 bridgehead atoms. The van der Waals surface area contributed by atoms with Gasteiger partial charge >= 0.3 is 5.97 Å². The number of rotatable bonds is 15. The molecular weight excluding hydrogens is 236 g/mol. The van der Waals surface area contributed by atoms with Crippen molar-refractivity contribution in [2.75, 3.05) is 0 Å². The van der Waals surface area contributed by atoms with Gasteiger partial charge in [-0.3, -0.25) is 4.79 Å². The summed E-state index contributed by atoms with van der Waals surface area (Å²) in [6.45, 7) is 2.26. The van der Waals surface area contributed by atoms with Crippen molar-refractivity contribution in [2.45, 2.75) is 96.8 Å². The summed E-state index contributed by atoms with van der Waals surface area (Å²) in [5.41, 5.74) is 0. The number of carboxylic acid groups (broad SMARTS) is 1. The van der Waals surface area contributed by atoms with Gasteiger partial charge in [-0.05, 0) is 6.42 Å². The summed E-state index contributed by atoms with van der Waals surface area (Å²) >= 11 is 0. The summed E-state index contributed by atoms with van der Waals surface area (Å²) in [6, 6.07) is 0. The summed E-state index contributed by atoms with van der Waals surface area (Å²) in [5.74, 6) is -0.779. The average Bonchev–Trinajstić information content (AvgIpc) is 2.39. The van der Waals surface area contributed by atoms with Gasteiger partial charge in [0.1, 0.15) is 0 Å². The molecule has 0 aromatic carbocycles. The molecule has 0 aromatic heterocycles. The zero-order valence-corrected chi connectivity index (χ0v) is 12.8. The number of hydrogen-bond acceptors (Lipinski definition) is 1. The predicted molar refractivity (Wildman–Crippen MR) is 82.2 cm³/mol. The van der Waals surface area contributed by atoms with E-state index in [1.807, 2.05) is 0 Å². The highest BCUT2D eigenvalue weighted by Crippen LogP contribution is 2.13. The molecule has 19 heavy (non-hydrogen) atoms. The van der Waals surface area contributed by atoms with Crippen LogP contribution < -0.4 is 0 Å². The molecule has 0 saturated heterocycles. The van der Waals surface area contributed by atoms with Crippen LogP contribution in [0, 0.1) is 6.42 Å². The van der Waals surface area contributed by atoms with E-state index in [0.29, 0.717) is 0 Å². The summed E-state index contributed by atoms with van der Waals surface area (Å²) in [5, 5.41) is 8.45. The first-order valence-electron chi connectivity index (χ1n) is 8.33. The maximum Gasteiger partial charge on any atom is 0.307 e. The highest BCUT2D eigenvalue weighted by molar-refractivity contribution is 5.76. The lowest BCUT2D eigenvalue weighted by Gasteiger charge is -2.02. The van der Waals surface area contributed by atoms with E-state index in [1.165, 1.54) is 83.5 Å². The van der Waals surface area contributed by atoms with E-state index in [-0.39, 0.29) is 0 Å². The van der Waals surface area contributed by atoms with Gasteiger partial charge in [0, 0.05) is 0 Å². The lowest BCUT2D eigenvalue weighted by molar-refractivity contribution is -0.133. The molecule has 2 heteroatoms. The lowest BCUT2D eigenvalue weighted by atomic mass is 10.0. The zero-order valence-electron chi connectivity index (χ0n) is 12.8. The fourth-order valence-corrected chi connectivity index (χ4v) is 2.39. The quantitative estimate of drug-likeness (QED) is 0.384. The first-order chi connectivity index (χ1) is 9.27. The van der Waals surface area contributed by atoms with Crippen molar-refractivity contribution in [3.8, 4) is 0 Å². The van der Waals surface area contributed by atoms with Crippen molar-refractivity contribution < 1.29 is 9.90 Å². The van der Waals surface area contributed by atoms with Gasteiger partial charge in [-0.1, -0.05) is 90.4 Å². The minimum Gasteiger partial charge on any atom is -0.481 e. The van der Waals surface area contributed by atoms with Gasteiger partial charge in [0.15, 0.2) is 0 Å². The van der Waals surface area contributed by atoms with Crippen molar-refractivity contribution in [2.24, 2.45) is 0 Å². The highest BCUT2D eigenvalue weighted by Gasteiger charge is 1.97. The SMILES string of the molecule is CCCCCCCCCCCCCCC[CH]C(=O)O. The second-order valence-electron chi connectivity index (χ2n) is 5.57. The van der Waals surface area contributed by atoms with Crippen LogP contribution in [0.5, 0.6) is 0 Å². The van der Waals surface area contributed by atoms with Crippen LogP contribution >= 0.6 is 0 Å². The number of carbonyl (C=O) groups is 1. The number of unbranched alkanes of at least 4 members (excludes halogenated alkanes) is 13. The Morgan fingerprint density at radius 2 is 1.11 bits per heavy atom. The monoisotopic (exact) mass is 269 g/mol. The Kier molecular flexibility index (Phi) is 15.1. The Morgan fingerprint density at radius 3 is 1.47 bits per heavy atom. The summed E-state index contributed by atoms with van der Waals surface area (Å²) in [7, 11) is 0. The molecule has 0 aromatic rings. The molecule has 0 fully saturated rings. The molecule has 1 radical (unpaired) electrons. The van der Waals surface area contributed by atoms with E-state index in [0.717, 1.165) is 12.8 Å². The third-order valence-electron chi connectivity index (χ3n) is 3.63. The van der Waals surface area contributed by atoms with Gasteiger partial charge in [0.2, 0.25) is 0 Å². The number of carboxylic acids is 1. The molecule has 113 valence electrons. The molecule has 0 aliphatic heterocycles. The summed E-state index contributed by atoms with van der Waals surface area (Å²) in [6.07, 6.45) is 19.5. The van der Waals surface area contributed by atoms with Gasteiger partial charge in [-0.25, -0.2) is 0 Å². The van der Waals surface area contributed by atoms with E-state index in [4.69, 9.17) is 5.11 Å². The normalized spacial score (nSPS) is 10.8. The van der Waals surface area contributed by atoms with Crippen LogP contribution in [0.1, 0.15) is 96.8 Å². The molecule has 0 atom stereocenters. The van der Waals surface area contributed by atoms with Gasteiger partial charge in [0.25, 0.3) is 0 Å². The summed E-state index contributed by atoms with van der Waals surface area (Å²) < 4.78 is 0. The van der Waals surface area contributed by atoms with Crippen molar-refractivity contribution in [1.82, 2.24) is 0 Å². The molecular formula is C17H33O2. The molecule has 0 heterocycles. The fraction of sp³-hybridized carbons (Fsp3) is 0.882. The van der Waals surface area contributed by atoms with Crippen LogP contribution in [0.25, 0.3) is 0 Å². The van der Waals surface area contributed by atoms with Gasteiger partial charge < -0.3 is 5.11 Å². The van der Waals surface area contributed by atoms with Crippen LogP contribution in [-0.4, -0.2) is 11.1 Å². The maximum atomic E-state index is 10.3. The predicted octanol–water partition coefficient (Wildman–Crippen LogP) is 5.76. The second kappa shape index (κ2) is 15.5. The fourth-order valence-electron chi connectivity index (χ4n) is 2.39. The minimum atomic E-state index is -0.779. The zero-order chi connectivity index (χ0) is 14.2. The molecule has 1 N–H and O–H groups in total. The van der Waals surface area contributed by atoms with Crippen molar-refractivity contribution in [3.63, 3.8) is 0 Å². The first-order valence-corrected chi connectivity index (χ1v) is 8.33. The third kappa shape index (κ3) is 17.5. The Hall–Kier alpha value is -0.530. The van der Waals surface area contributed by atoms with E-state index < -0.39 is 5.97 Å². The Labute approximate surface area is 120 Å². The van der Waals surface area contributed by atoms with Gasteiger partial charge in [0.05, 0.1) is 6.42 Å². The van der Waals surface area contributed by atoms with E-state index >= 15 is 0 Å². The molecule has 0 spiro atoms. The Balaban J connectivity index is 2.93. The molecule has 0 saturated carbocycles. The van der Waals surface area contributed by atoms with Gasteiger partial charge in [-0.15, -0.1) is 0 Å². The van der Waals surface area contributed by atoms with E-state index in [9.17, 15) is 4.79 Å². The van der Waals surface area contributed by atoms with Crippen molar-refractivity contribution in [3.05, 3.63) is 6.42 Å². The average molecular weight is 269 g/mol. The van der Waals surface area contributed by atoms with Crippen LogP contribution in [0.2, 0.25) is 0 Å². The van der Waals surface area contributed by atoms with Crippen LogP contribution in [0.4, 0.5) is 0 Å². The highest BCUT2D eigenvalue weighted by atomic mass is 16.4. The maximum absolute atomic E-state index is 10.3. The van der Waals surface area contributed by atoms with Crippen LogP contribution in [0.15, 0.2) is 0 Å². The Morgan fingerprint density at radius 1 is 0.737 bits per heavy atom. The van der Waals surface area contributed by atoms with E-state index in [1.54, 1.807) is 0 Å². The molecule has 2 nitrogen and oxygen atoms in total. The third-order valence-corrected chi connectivity index (χ3v) is 3.63. The molecule has 0 rings (SSSR count). The number of aliphatic carboxylic acids is 1. The minimum absolute atomic E-state index is 0.729. The topological polar surface area (TPSA) is 37.3 Å². The van der Waals surface area contributed by atoms with Crippen molar-refractivity contribution >= 4 is 5.97 Å². The molecule has 0 aliphatic rings. The largest absolute Gasteiger partial charge is 0.481 e. The van der Waals surface area contributed by atoms with Crippen LogP contribution in [-0.2, 0) is 4.79 Å². The summed E-state index contributed by atoms with van der Waals surface area (Å²) in [4.78, 5) is 10.3. The van der Waals surface area contributed by atoms with Crippen molar-refractivity contribution in [1.29, 1.82) is 0 Å². The molecule has 0 aliphatic carbocycles. The number of hydrogen-bond donors (Lipinski definition) is 1. The van der Waals surface area contributed by atoms with Gasteiger partial charge in [-0.2, -0.15) is 0 Å². The van der Waals surface area contributed by atoms with Crippen LogP contribution in [0.3, 0.4) is 0 Å². The van der Waals surface area contributed by atoms with E-state index in [2.05, 4.69) is 6.92 Å². The smallest absolute Gasteiger partial charge is 0.307 e. The molecule has 0 amide bonds. The Bertz CT molecular complexity index is 190. The lowest BCUT2D eigenvalue weighted by Crippen LogP contribution is -1.94. The standard InChI is InChI=1S/C17H33O2/c1-2-3-4-5-6-7-8-9-10-11-12-13-14-15-16-17(18)19/h16H,2-15H2,1H3,(H,18,19). The molecule has 0 unspecified atom stereocenters. The first kappa shape index (κ1) is 18.5. The second-order valence-corrected chi connectivity index (χ2v) is 5.57.